The molecule has 2 N–H and O–H groups in total. The summed E-state index contributed by atoms with van der Waals surface area (Å²) in [7, 11) is -3.22. The van der Waals surface area contributed by atoms with E-state index >= 15 is 0 Å². The zero-order chi connectivity index (χ0) is 17.0. The van der Waals surface area contributed by atoms with Gasteiger partial charge < -0.3 is 5.32 Å². The number of aryl methyl sites for hydroxylation is 1. The van der Waals surface area contributed by atoms with Gasteiger partial charge in [-0.3, -0.25) is 4.98 Å². The highest BCUT2D eigenvalue weighted by molar-refractivity contribution is 7.88. The van der Waals surface area contributed by atoms with E-state index in [1.165, 1.54) is 18.3 Å². The molecule has 0 saturated heterocycles. The summed E-state index contributed by atoms with van der Waals surface area (Å²) >= 11 is 0. The number of hydrogen-bond donors (Lipinski definition) is 2. The second-order valence-corrected chi connectivity index (χ2v) is 7.06. The van der Waals surface area contributed by atoms with Crippen LogP contribution in [0.4, 0.5) is 10.1 Å². The molecule has 0 aliphatic rings. The van der Waals surface area contributed by atoms with Crippen molar-refractivity contribution >= 4 is 26.6 Å². The molecule has 0 amide bonds. The number of anilines is 1. The number of halogens is 1. The minimum absolute atomic E-state index is 0.282. The zero-order valence-corrected chi connectivity index (χ0v) is 13.7. The molecule has 0 fully saturated rings. The molecular weight excluding hydrogens is 319 g/mol. The molecule has 1 aromatic carbocycles. The molecule has 1 heterocycles. The van der Waals surface area contributed by atoms with Gasteiger partial charge in [0.05, 0.1) is 23.0 Å². The summed E-state index contributed by atoms with van der Waals surface area (Å²) < 4.78 is 38.0. The van der Waals surface area contributed by atoms with Crippen molar-refractivity contribution in [3.63, 3.8) is 0 Å². The SMILES string of the molecule is Cc1cc(F)cc2c(NCCCNS(C)(=O)=O)c(C#N)cnc12. The molecule has 0 radical (unpaired) electrons. The van der Waals surface area contributed by atoms with Gasteiger partial charge in [-0.15, -0.1) is 0 Å². The normalized spacial score (nSPS) is 11.4. The number of aromatic nitrogens is 1. The smallest absolute Gasteiger partial charge is 0.208 e. The van der Waals surface area contributed by atoms with E-state index in [0.29, 0.717) is 40.7 Å². The first-order chi connectivity index (χ1) is 10.8. The standard InChI is InChI=1S/C15H17FN4O2S/c1-10-6-12(16)7-13-14(10)19-9-11(8-17)15(13)18-4-3-5-20-23(2,21)22/h6-7,9,20H,3-5H2,1-2H3,(H,18,19). The van der Waals surface area contributed by atoms with Crippen LogP contribution in [0, 0.1) is 24.1 Å². The van der Waals surface area contributed by atoms with Crippen molar-refractivity contribution in [2.24, 2.45) is 0 Å². The van der Waals surface area contributed by atoms with Gasteiger partial charge >= 0.3 is 0 Å². The third kappa shape index (κ3) is 4.37. The highest BCUT2D eigenvalue weighted by Gasteiger charge is 2.11. The van der Waals surface area contributed by atoms with E-state index in [0.717, 1.165) is 6.26 Å². The fourth-order valence-electron chi connectivity index (χ4n) is 2.27. The lowest BCUT2D eigenvalue weighted by Gasteiger charge is -2.12. The van der Waals surface area contributed by atoms with Crippen molar-refractivity contribution < 1.29 is 12.8 Å². The van der Waals surface area contributed by atoms with Crippen LogP contribution >= 0.6 is 0 Å². The Kier molecular flexibility index (Phi) is 5.13. The summed E-state index contributed by atoms with van der Waals surface area (Å²) in [4.78, 5) is 4.21. The zero-order valence-electron chi connectivity index (χ0n) is 12.9. The third-order valence-electron chi connectivity index (χ3n) is 3.27. The summed E-state index contributed by atoms with van der Waals surface area (Å²) in [5, 5.41) is 12.8. The van der Waals surface area contributed by atoms with E-state index in [1.54, 1.807) is 6.92 Å². The average Bonchev–Trinajstić information content (AvgIpc) is 2.45. The second kappa shape index (κ2) is 6.89. The van der Waals surface area contributed by atoms with E-state index in [4.69, 9.17) is 0 Å². The maximum Gasteiger partial charge on any atom is 0.208 e. The summed E-state index contributed by atoms with van der Waals surface area (Å²) in [5.74, 6) is -0.395. The van der Waals surface area contributed by atoms with Gasteiger partial charge in [0.1, 0.15) is 11.9 Å². The first kappa shape index (κ1) is 17.1. The number of pyridine rings is 1. The monoisotopic (exact) mass is 336 g/mol. The maximum absolute atomic E-state index is 13.7. The second-order valence-electron chi connectivity index (χ2n) is 5.22. The number of fused-ring (bicyclic) bond motifs is 1. The summed E-state index contributed by atoms with van der Waals surface area (Å²) in [6.45, 7) is 2.47. The predicted molar refractivity (Wildman–Crippen MR) is 87.1 cm³/mol. The molecule has 23 heavy (non-hydrogen) atoms. The van der Waals surface area contributed by atoms with E-state index in [-0.39, 0.29) is 6.54 Å². The highest BCUT2D eigenvalue weighted by atomic mass is 32.2. The van der Waals surface area contributed by atoms with Crippen LogP contribution in [0.3, 0.4) is 0 Å². The fourth-order valence-corrected chi connectivity index (χ4v) is 2.79. The van der Waals surface area contributed by atoms with E-state index in [9.17, 15) is 18.1 Å². The molecule has 8 heteroatoms. The van der Waals surface area contributed by atoms with E-state index in [1.807, 2.05) is 6.07 Å². The predicted octanol–water partition coefficient (Wildman–Crippen LogP) is 1.91. The van der Waals surface area contributed by atoms with Crippen LogP contribution in [-0.2, 0) is 10.0 Å². The molecule has 0 bridgehead atoms. The van der Waals surface area contributed by atoms with Crippen LogP contribution in [0.5, 0.6) is 0 Å². The lowest BCUT2D eigenvalue weighted by atomic mass is 10.1. The molecule has 0 unspecified atom stereocenters. The molecule has 2 rings (SSSR count). The Labute approximate surface area is 134 Å². The van der Waals surface area contributed by atoms with Gasteiger partial charge in [0.2, 0.25) is 10.0 Å². The number of rotatable bonds is 6. The van der Waals surface area contributed by atoms with Crippen molar-refractivity contribution in [3.05, 3.63) is 35.3 Å². The van der Waals surface area contributed by atoms with Crippen LogP contribution in [0.1, 0.15) is 17.5 Å². The van der Waals surface area contributed by atoms with Gasteiger partial charge in [-0.25, -0.2) is 17.5 Å². The molecule has 122 valence electrons. The molecular formula is C15H17FN4O2S. The lowest BCUT2D eigenvalue weighted by molar-refractivity contribution is 0.586. The van der Waals surface area contributed by atoms with E-state index in [2.05, 4.69) is 15.0 Å². The Morgan fingerprint density at radius 1 is 1.35 bits per heavy atom. The first-order valence-electron chi connectivity index (χ1n) is 6.99. The van der Waals surface area contributed by atoms with Crippen LogP contribution in [-0.4, -0.2) is 32.7 Å². The maximum atomic E-state index is 13.7. The highest BCUT2D eigenvalue weighted by Crippen LogP contribution is 2.28. The third-order valence-corrected chi connectivity index (χ3v) is 4.00. The Hall–Kier alpha value is -2.24. The van der Waals surface area contributed by atoms with Crippen molar-refractivity contribution in [1.82, 2.24) is 9.71 Å². The molecule has 1 aromatic heterocycles. The molecule has 0 atom stereocenters. The Bertz CT molecular complexity index is 875. The van der Waals surface area contributed by atoms with Crippen molar-refractivity contribution in [3.8, 4) is 6.07 Å². The lowest BCUT2D eigenvalue weighted by Crippen LogP contribution is -2.24. The number of nitrogens with one attached hydrogen (secondary N) is 2. The summed E-state index contributed by atoms with van der Waals surface area (Å²) in [6.07, 6.45) is 3.07. The number of nitrogens with zero attached hydrogens (tertiary/aromatic N) is 2. The van der Waals surface area contributed by atoms with Gasteiger partial charge in [-0.2, -0.15) is 5.26 Å². The summed E-state index contributed by atoms with van der Waals surface area (Å²) in [6, 6.07) is 4.76. The molecule has 2 aromatic rings. The molecule has 0 aliphatic heterocycles. The van der Waals surface area contributed by atoms with Crippen LogP contribution in [0.15, 0.2) is 18.3 Å². The first-order valence-corrected chi connectivity index (χ1v) is 8.88. The molecule has 0 spiro atoms. The minimum atomic E-state index is -3.22. The average molecular weight is 336 g/mol. The largest absolute Gasteiger partial charge is 0.383 e. The molecule has 0 aliphatic carbocycles. The van der Waals surface area contributed by atoms with Crippen LogP contribution in [0.25, 0.3) is 10.9 Å². The number of sulfonamides is 1. The van der Waals surface area contributed by atoms with Crippen molar-refractivity contribution in [2.45, 2.75) is 13.3 Å². The van der Waals surface area contributed by atoms with Gasteiger partial charge in [0.15, 0.2) is 0 Å². The van der Waals surface area contributed by atoms with Crippen molar-refractivity contribution in [1.29, 1.82) is 5.26 Å². The number of hydrogen-bond acceptors (Lipinski definition) is 5. The van der Waals surface area contributed by atoms with E-state index < -0.39 is 15.8 Å². The topological polar surface area (TPSA) is 94.9 Å². The molecule has 6 nitrogen and oxygen atoms in total. The Morgan fingerprint density at radius 2 is 2.09 bits per heavy atom. The Morgan fingerprint density at radius 3 is 2.74 bits per heavy atom. The van der Waals surface area contributed by atoms with Gasteiger partial charge in [-0.1, -0.05) is 0 Å². The van der Waals surface area contributed by atoms with Gasteiger partial charge in [0, 0.05) is 24.7 Å². The fraction of sp³-hybridized carbons (Fsp3) is 0.333. The van der Waals surface area contributed by atoms with Crippen LogP contribution < -0.4 is 10.0 Å². The summed E-state index contributed by atoms with van der Waals surface area (Å²) in [5.41, 5.74) is 2.14. The number of benzene rings is 1. The van der Waals surface area contributed by atoms with Gasteiger partial charge in [0.25, 0.3) is 0 Å². The van der Waals surface area contributed by atoms with Crippen molar-refractivity contribution in [2.75, 3.05) is 24.7 Å². The quantitative estimate of drug-likeness (QED) is 0.786. The Balaban J connectivity index is 2.23. The number of nitriles is 1. The minimum Gasteiger partial charge on any atom is -0.383 e. The van der Waals surface area contributed by atoms with Crippen LogP contribution in [0.2, 0.25) is 0 Å². The van der Waals surface area contributed by atoms with Gasteiger partial charge in [-0.05, 0) is 31.0 Å². The molecule has 0 saturated carbocycles.